The van der Waals surface area contributed by atoms with Gasteiger partial charge in [0.25, 0.3) is 0 Å². The van der Waals surface area contributed by atoms with E-state index < -0.39 is 23.3 Å². The summed E-state index contributed by atoms with van der Waals surface area (Å²) in [7, 11) is 1.53. The Morgan fingerprint density at radius 3 is 2.74 bits per heavy atom. The number of ether oxygens (including phenoxy) is 1. The Kier molecular flexibility index (Phi) is 2.64. The number of rotatable bonds is 3. The van der Waals surface area contributed by atoms with E-state index in [0.717, 1.165) is 0 Å². The fraction of sp³-hybridized carbons (Fsp3) is 0.533. The van der Waals surface area contributed by atoms with E-state index in [4.69, 9.17) is 16.2 Å². The van der Waals surface area contributed by atoms with Crippen molar-refractivity contribution in [2.24, 2.45) is 17.4 Å². The Bertz CT molecular complexity index is 740. The minimum atomic E-state index is -0.930. The maximum atomic E-state index is 12.7. The third-order valence-electron chi connectivity index (χ3n) is 5.49. The fourth-order valence-electron chi connectivity index (χ4n) is 4.39. The maximum absolute atomic E-state index is 12.7. The van der Waals surface area contributed by atoms with E-state index in [0.29, 0.717) is 12.2 Å². The number of carbonyl (C=O) groups is 3. The van der Waals surface area contributed by atoms with Gasteiger partial charge in [0.15, 0.2) is 5.72 Å². The van der Waals surface area contributed by atoms with Crippen LogP contribution in [0.1, 0.15) is 13.3 Å². The molecule has 3 aliphatic heterocycles. The van der Waals surface area contributed by atoms with Crippen LogP contribution in [0.25, 0.3) is 0 Å². The number of ketones is 2. The summed E-state index contributed by atoms with van der Waals surface area (Å²) in [5.41, 5.74) is 11.1. The maximum Gasteiger partial charge on any atom is 0.218 e. The summed E-state index contributed by atoms with van der Waals surface area (Å²) in [6, 6.07) is 0.149. The standard InChI is InChI=1S/C15H18N4O4/c1-5-10(17)13(22)9-6(3-8(16)20)15(23-2)14-7(18-14)4-19(15)11(9)12(5)21/h6-7,14,18H,3-4,17H2,1-2H3,(H2,16,20)/t6-,7+,14+,15+/m0/s1. The summed E-state index contributed by atoms with van der Waals surface area (Å²) in [6.45, 7) is 2.10. The number of fused-ring (bicyclic) bond motifs is 4. The molecule has 0 saturated carbocycles. The minimum Gasteiger partial charge on any atom is -0.395 e. The molecule has 0 aromatic carbocycles. The molecule has 4 atom stereocenters. The molecule has 3 heterocycles. The van der Waals surface area contributed by atoms with Crippen LogP contribution in [0.3, 0.4) is 0 Å². The molecule has 0 radical (unpaired) electrons. The van der Waals surface area contributed by atoms with Crippen LogP contribution in [0.5, 0.6) is 0 Å². The highest BCUT2D eigenvalue weighted by molar-refractivity contribution is 6.25. The molecule has 23 heavy (non-hydrogen) atoms. The Balaban J connectivity index is 1.91. The van der Waals surface area contributed by atoms with Crippen LogP contribution >= 0.6 is 0 Å². The normalized spacial score (nSPS) is 38.0. The van der Waals surface area contributed by atoms with E-state index in [1.54, 1.807) is 6.92 Å². The zero-order chi connectivity index (χ0) is 16.7. The van der Waals surface area contributed by atoms with Gasteiger partial charge in [-0.25, -0.2) is 0 Å². The predicted molar refractivity (Wildman–Crippen MR) is 78.4 cm³/mol. The van der Waals surface area contributed by atoms with Gasteiger partial charge < -0.3 is 26.4 Å². The molecule has 2 fully saturated rings. The predicted octanol–water partition coefficient (Wildman–Crippen LogP) is -1.87. The van der Waals surface area contributed by atoms with E-state index in [1.807, 2.05) is 4.90 Å². The number of allylic oxidation sites excluding steroid dienone is 2. The number of nitrogens with one attached hydrogen (secondary N) is 1. The fourth-order valence-corrected chi connectivity index (χ4v) is 4.39. The van der Waals surface area contributed by atoms with Gasteiger partial charge in [0.1, 0.15) is 0 Å². The average molecular weight is 318 g/mol. The lowest BCUT2D eigenvalue weighted by Gasteiger charge is -2.39. The molecule has 4 rings (SSSR count). The number of nitrogens with zero attached hydrogens (tertiary/aromatic N) is 1. The first kappa shape index (κ1) is 14.4. The van der Waals surface area contributed by atoms with Crippen molar-refractivity contribution in [2.75, 3.05) is 13.7 Å². The molecule has 1 amide bonds. The lowest BCUT2D eigenvalue weighted by Crippen LogP contribution is -2.54. The quantitative estimate of drug-likeness (QED) is 0.409. The lowest BCUT2D eigenvalue weighted by molar-refractivity contribution is -0.138. The Morgan fingerprint density at radius 2 is 2.13 bits per heavy atom. The molecule has 8 nitrogen and oxygen atoms in total. The monoisotopic (exact) mass is 318 g/mol. The molecular weight excluding hydrogens is 300 g/mol. The highest BCUT2D eigenvalue weighted by atomic mass is 16.5. The number of primary amides is 1. The number of Topliss-reactive ketones (excluding diaryl/α,β-unsaturated/α-hetero) is 2. The number of methoxy groups -OCH3 is 1. The number of carbonyl (C=O) groups excluding carboxylic acids is 3. The first-order chi connectivity index (χ1) is 10.8. The molecule has 2 saturated heterocycles. The van der Waals surface area contributed by atoms with Gasteiger partial charge in [-0.05, 0) is 6.92 Å². The Hall–Kier alpha value is -2.19. The third kappa shape index (κ3) is 1.50. The molecule has 0 unspecified atom stereocenters. The van der Waals surface area contributed by atoms with Gasteiger partial charge in [-0.15, -0.1) is 0 Å². The summed E-state index contributed by atoms with van der Waals surface area (Å²) in [5, 5.41) is 3.28. The molecular formula is C15H18N4O4. The van der Waals surface area contributed by atoms with E-state index in [9.17, 15) is 14.4 Å². The van der Waals surface area contributed by atoms with Crippen molar-refractivity contribution in [1.82, 2.24) is 10.2 Å². The largest absolute Gasteiger partial charge is 0.395 e. The van der Waals surface area contributed by atoms with Gasteiger partial charge >= 0.3 is 0 Å². The minimum absolute atomic E-state index is 0.0374. The highest BCUT2D eigenvalue weighted by Gasteiger charge is 2.72. The number of nitrogens with two attached hydrogens (primary N) is 2. The lowest BCUT2D eigenvalue weighted by atomic mass is 9.80. The second-order valence-electron chi connectivity index (χ2n) is 6.50. The summed E-state index contributed by atoms with van der Waals surface area (Å²) in [5.74, 6) is -1.82. The summed E-state index contributed by atoms with van der Waals surface area (Å²) >= 11 is 0. The number of hydrogen-bond donors (Lipinski definition) is 3. The van der Waals surface area contributed by atoms with Gasteiger partial charge in [0.05, 0.1) is 17.4 Å². The molecule has 122 valence electrons. The Morgan fingerprint density at radius 1 is 1.43 bits per heavy atom. The zero-order valence-corrected chi connectivity index (χ0v) is 12.9. The van der Waals surface area contributed by atoms with Crippen molar-refractivity contribution in [1.29, 1.82) is 0 Å². The van der Waals surface area contributed by atoms with E-state index >= 15 is 0 Å². The first-order valence-corrected chi connectivity index (χ1v) is 7.51. The van der Waals surface area contributed by atoms with E-state index in [2.05, 4.69) is 5.32 Å². The SMILES string of the molecule is CO[C@]12[C@@H]3N[C@@H]3CN1C1=C(C(=O)C(N)=C(C)C1=O)[C@@H]2CC(N)=O. The highest BCUT2D eigenvalue weighted by Crippen LogP contribution is 2.56. The van der Waals surface area contributed by atoms with Crippen LogP contribution in [0.2, 0.25) is 0 Å². The van der Waals surface area contributed by atoms with Crippen molar-refractivity contribution in [3.05, 3.63) is 22.5 Å². The van der Waals surface area contributed by atoms with Crippen LogP contribution in [0.15, 0.2) is 22.5 Å². The summed E-state index contributed by atoms with van der Waals surface area (Å²) in [4.78, 5) is 38.9. The molecule has 1 aliphatic carbocycles. The van der Waals surface area contributed by atoms with Crippen molar-refractivity contribution >= 4 is 17.5 Å². The van der Waals surface area contributed by atoms with Gasteiger partial charge in [-0.3, -0.25) is 14.4 Å². The van der Waals surface area contributed by atoms with Crippen LogP contribution in [0, 0.1) is 5.92 Å². The Labute approximate surface area is 132 Å². The molecule has 0 aromatic heterocycles. The molecule has 0 spiro atoms. The van der Waals surface area contributed by atoms with Crippen molar-refractivity contribution in [3.63, 3.8) is 0 Å². The van der Waals surface area contributed by atoms with Crippen molar-refractivity contribution in [3.8, 4) is 0 Å². The van der Waals surface area contributed by atoms with Gasteiger partial charge in [0, 0.05) is 43.2 Å². The summed E-state index contributed by atoms with van der Waals surface area (Å²) < 4.78 is 5.80. The smallest absolute Gasteiger partial charge is 0.218 e. The number of piperazine rings is 1. The van der Waals surface area contributed by atoms with Crippen LogP contribution in [-0.4, -0.2) is 53.8 Å². The molecule has 0 aromatic rings. The molecule has 4 aliphatic rings. The zero-order valence-electron chi connectivity index (χ0n) is 12.9. The number of hydrogen-bond acceptors (Lipinski definition) is 7. The van der Waals surface area contributed by atoms with Crippen molar-refractivity contribution < 1.29 is 19.1 Å². The molecule has 5 N–H and O–H groups in total. The summed E-state index contributed by atoms with van der Waals surface area (Å²) in [6.07, 6.45) is -0.0700. The topological polar surface area (TPSA) is 138 Å². The van der Waals surface area contributed by atoms with Gasteiger partial charge in [-0.1, -0.05) is 0 Å². The van der Waals surface area contributed by atoms with Gasteiger partial charge in [0.2, 0.25) is 17.5 Å². The second-order valence-corrected chi connectivity index (χ2v) is 6.50. The van der Waals surface area contributed by atoms with Crippen LogP contribution in [0.4, 0.5) is 0 Å². The van der Waals surface area contributed by atoms with Crippen LogP contribution in [-0.2, 0) is 19.1 Å². The average Bonchev–Trinajstić information content (AvgIpc) is 3.12. The third-order valence-corrected chi connectivity index (χ3v) is 5.49. The first-order valence-electron chi connectivity index (χ1n) is 7.51. The van der Waals surface area contributed by atoms with Crippen molar-refractivity contribution in [2.45, 2.75) is 31.2 Å². The van der Waals surface area contributed by atoms with E-state index in [-0.39, 0.29) is 41.1 Å². The second kappa shape index (κ2) is 4.21. The number of amides is 1. The van der Waals surface area contributed by atoms with E-state index in [1.165, 1.54) is 7.11 Å². The van der Waals surface area contributed by atoms with Crippen LogP contribution < -0.4 is 16.8 Å². The van der Waals surface area contributed by atoms with Gasteiger partial charge in [-0.2, -0.15) is 0 Å². The molecule has 8 heteroatoms. The molecule has 0 bridgehead atoms.